The van der Waals surface area contributed by atoms with E-state index in [2.05, 4.69) is 24.3 Å². The molecule has 2 atom stereocenters. The van der Waals surface area contributed by atoms with Crippen molar-refractivity contribution in [1.82, 2.24) is 0 Å². The van der Waals surface area contributed by atoms with Crippen LogP contribution in [0.15, 0.2) is 72.8 Å². The molecule has 1 aliphatic heterocycles. The molecule has 5 rings (SSSR count). The van der Waals surface area contributed by atoms with E-state index < -0.39 is 6.04 Å². The molecular formula is C31H35N3O3. The summed E-state index contributed by atoms with van der Waals surface area (Å²) in [5.41, 5.74) is 16.8. The monoisotopic (exact) mass is 497 g/mol. The molecule has 1 aliphatic carbocycles. The summed E-state index contributed by atoms with van der Waals surface area (Å²) in [5, 5.41) is 0. The van der Waals surface area contributed by atoms with Crippen molar-refractivity contribution in [2.75, 3.05) is 11.4 Å². The van der Waals surface area contributed by atoms with Gasteiger partial charge in [0.25, 0.3) is 0 Å². The number of nitrogens with zero attached hydrogens (tertiary/aromatic N) is 1. The third-order valence-electron chi connectivity index (χ3n) is 7.76. The third kappa shape index (κ3) is 5.54. The Morgan fingerprint density at radius 1 is 0.946 bits per heavy atom. The fourth-order valence-corrected chi connectivity index (χ4v) is 5.73. The number of benzene rings is 3. The van der Waals surface area contributed by atoms with Gasteiger partial charge >= 0.3 is 0 Å². The van der Waals surface area contributed by atoms with Crippen molar-refractivity contribution in [2.45, 2.75) is 57.1 Å². The standard InChI is InChI=1S/C31H35N3O3/c1-20-19-34(31(36)30(33)25-5-3-2-4-6-25)27-16-15-26(18-28(27)37-20)24-13-11-23(12-14-24)22-9-7-21(8-10-22)17-29(32)35/h2-6,11-16,18,20-22,30H,7-10,17,19,33H2,1H3,(H2,32,35)/t20?,21?,22?,30-/m0/s1. The van der Waals surface area contributed by atoms with Crippen LogP contribution in [-0.4, -0.2) is 24.5 Å². The minimum atomic E-state index is -0.725. The van der Waals surface area contributed by atoms with Crippen molar-refractivity contribution in [1.29, 1.82) is 0 Å². The number of primary amides is 1. The van der Waals surface area contributed by atoms with Crippen LogP contribution in [0, 0.1) is 5.92 Å². The molecule has 3 aromatic rings. The Bertz CT molecular complexity index is 1250. The van der Waals surface area contributed by atoms with E-state index in [9.17, 15) is 9.59 Å². The van der Waals surface area contributed by atoms with E-state index in [4.69, 9.17) is 16.2 Å². The summed E-state index contributed by atoms with van der Waals surface area (Å²) in [5.74, 6) is 1.33. The lowest BCUT2D eigenvalue weighted by Crippen LogP contribution is -2.46. The Hall–Kier alpha value is -3.64. The highest BCUT2D eigenvalue weighted by atomic mass is 16.5. The third-order valence-corrected chi connectivity index (χ3v) is 7.76. The summed E-state index contributed by atoms with van der Waals surface area (Å²) < 4.78 is 6.15. The number of carbonyl (C=O) groups is 2. The molecule has 1 saturated carbocycles. The summed E-state index contributed by atoms with van der Waals surface area (Å²) in [7, 11) is 0. The first-order valence-corrected chi connectivity index (χ1v) is 13.2. The maximum atomic E-state index is 13.3. The first-order valence-electron chi connectivity index (χ1n) is 13.2. The Morgan fingerprint density at radius 2 is 1.62 bits per heavy atom. The number of rotatable bonds is 6. The zero-order valence-electron chi connectivity index (χ0n) is 21.3. The minimum Gasteiger partial charge on any atom is -0.487 e. The number of hydrogen-bond donors (Lipinski definition) is 2. The van der Waals surface area contributed by atoms with Gasteiger partial charge in [0.05, 0.1) is 12.2 Å². The van der Waals surface area contributed by atoms with Gasteiger partial charge < -0.3 is 21.1 Å². The van der Waals surface area contributed by atoms with Gasteiger partial charge in [-0.15, -0.1) is 0 Å². The van der Waals surface area contributed by atoms with E-state index in [-0.39, 0.29) is 17.9 Å². The second-order valence-electron chi connectivity index (χ2n) is 10.5. The molecule has 0 aromatic heterocycles. The molecule has 2 aliphatic rings. The van der Waals surface area contributed by atoms with Crippen LogP contribution in [0.2, 0.25) is 0 Å². The maximum absolute atomic E-state index is 13.3. The van der Waals surface area contributed by atoms with Crippen molar-refractivity contribution < 1.29 is 14.3 Å². The summed E-state index contributed by atoms with van der Waals surface area (Å²) >= 11 is 0. The first-order chi connectivity index (χ1) is 17.9. The molecule has 6 nitrogen and oxygen atoms in total. The van der Waals surface area contributed by atoms with Gasteiger partial charge in [-0.3, -0.25) is 9.59 Å². The number of fused-ring (bicyclic) bond motifs is 1. The van der Waals surface area contributed by atoms with Crippen LogP contribution < -0.4 is 21.1 Å². The van der Waals surface area contributed by atoms with Crippen LogP contribution >= 0.6 is 0 Å². The first kappa shape index (κ1) is 25.0. The lowest BCUT2D eigenvalue weighted by atomic mass is 9.77. The van der Waals surface area contributed by atoms with Gasteiger partial charge in [0, 0.05) is 6.42 Å². The minimum absolute atomic E-state index is 0.134. The van der Waals surface area contributed by atoms with Gasteiger partial charge in [-0.05, 0) is 78.8 Å². The second kappa shape index (κ2) is 10.8. The molecule has 1 heterocycles. The Kier molecular flexibility index (Phi) is 7.28. The van der Waals surface area contributed by atoms with Crippen molar-refractivity contribution in [2.24, 2.45) is 17.4 Å². The second-order valence-corrected chi connectivity index (χ2v) is 10.5. The average Bonchev–Trinajstić information content (AvgIpc) is 2.92. The van der Waals surface area contributed by atoms with Gasteiger partial charge in [-0.2, -0.15) is 0 Å². The molecule has 4 N–H and O–H groups in total. The highest BCUT2D eigenvalue weighted by Crippen LogP contribution is 2.40. The Labute approximate surface area is 218 Å². The van der Waals surface area contributed by atoms with E-state index in [1.54, 1.807) is 4.90 Å². The summed E-state index contributed by atoms with van der Waals surface area (Å²) in [6.45, 7) is 2.43. The van der Waals surface area contributed by atoms with E-state index >= 15 is 0 Å². The lowest BCUT2D eigenvalue weighted by Gasteiger charge is -2.35. The van der Waals surface area contributed by atoms with Crippen molar-refractivity contribution in [3.63, 3.8) is 0 Å². The molecule has 37 heavy (non-hydrogen) atoms. The van der Waals surface area contributed by atoms with Crippen LogP contribution in [0.1, 0.15) is 62.1 Å². The SMILES string of the molecule is CC1CN(C(=O)[C@@H](N)c2ccccc2)c2ccc(-c3ccc(C4CCC(CC(N)=O)CC4)cc3)cc2O1. The smallest absolute Gasteiger partial charge is 0.248 e. The van der Waals surface area contributed by atoms with Crippen LogP contribution in [0.25, 0.3) is 11.1 Å². The zero-order chi connectivity index (χ0) is 25.9. The quantitative estimate of drug-likeness (QED) is 0.482. The van der Waals surface area contributed by atoms with Crippen molar-refractivity contribution >= 4 is 17.5 Å². The topological polar surface area (TPSA) is 98.6 Å². The molecule has 0 spiro atoms. The van der Waals surface area contributed by atoms with Gasteiger partial charge in [-0.25, -0.2) is 0 Å². The molecule has 2 amide bonds. The molecule has 1 fully saturated rings. The number of hydrogen-bond acceptors (Lipinski definition) is 4. The molecule has 0 radical (unpaired) electrons. The van der Waals surface area contributed by atoms with E-state index in [0.717, 1.165) is 48.1 Å². The van der Waals surface area contributed by atoms with E-state index in [0.29, 0.717) is 30.6 Å². The Balaban J connectivity index is 1.31. The summed E-state index contributed by atoms with van der Waals surface area (Å²) in [6, 6.07) is 23.5. The zero-order valence-corrected chi connectivity index (χ0v) is 21.3. The van der Waals surface area contributed by atoms with Crippen molar-refractivity contribution in [3.8, 4) is 16.9 Å². The summed E-state index contributed by atoms with van der Waals surface area (Å²) in [6.07, 6.45) is 4.67. The summed E-state index contributed by atoms with van der Waals surface area (Å²) in [4.78, 5) is 26.3. The average molecular weight is 498 g/mol. The number of anilines is 1. The van der Waals surface area contributed by atoms with Gasteiger partial charge in [0.2, 0.25) is 11.8 Å². The molecule has 192 valence electrons. The number of amides is 2. The normalized spacial score (nSPS) is 22.0. The van der Waals surface area contributed by atoms with Crippen molar-refractivity contribution in [3.05, 3.63) is 83.9 Å². The number of ether oxygens (including phenoxy) is 1. The van der Waals surface area contributed by atoms with Crippen LogP contribution in [0.5, 0.6) is 5.75 Å². The Morgan fingerprint density at radius 3 is 2.30 bits per heavy atom. The van der Waals surface area contributed by atoms with Gasteiger partial charge in [0.15, 0.2) is 0 Å². The van der Waals surface area contributed by atoms with E-state index in [1.807, 2.05) is 55.5 Å². The van der Waals surface area contributed by atoms with Crippen LogP contribution in [0.3, 0.4) is 0 Å². The molecule has 0 bridgehead atoms. The highest BCUT2D eigenvalue weighted by Gasteiger charge is 2.31. The van der Waals surface area contributed by atoms with Crippen LogP contribution in [0.4, 0.5) is 5.69 Å². The molecule has 3 aromatic carbocycles. The maximum Gasteiger partial charge on any atom is 0.248 e. The predicted octanol–water partition coefficient (Wildman–Crippen LogP) is 5.32. The molecule has 6 heteroatoms. The molecule has 1 unspecified atom stereocenters. The van der Waals surface area contributed by atoms with Gasteiger partial charge in [0.1, 0.15) is 17.9 Å². The van der Waals surface area contributed by atoms with Crippen LogP contribution in [-0.2, 0) is 9.59 Å². The fourth-order valence-electron chi connectivity index (χ4n) is 5.73. The molecule has 0 saturated heterocycles. The van der Waals surface area contributed by atoms with Gasteiger partial charge in [-0.1, -0.05) is 60.7 Å². The highest BCUT2D eigenvalue weighted by molar-refractivity contribution is 5.99. The molecular weight excluding hydrogens is 462 g/mol. The number of carbonyl (C=O) groups excluding carboxylic acids is 2. The lowest BCUT2D eigenvalue weighted by molar-refractivity contribution is -0.120. The largest absolute Gasteiger partial charge is 0.487 e. The fraction of sp³-hybridized carbons (Fsp3) is 0.355. The predicted molar refractivity (Wildman–Crippen MR) is 146 cm³/mol. The number of nitrogens with two attached hydrogens (primary N) is 2. The van der Waals surface area contributed by atoms with E-state index in [1.165, 1.54) is 5.56 Å².